The summed E-state index contributed by atoms with van der Waals surface area (Å²) in [5.74, 6) is 0. The van der Waals surface area contributed by atoms with Crippen LogP contribution < -0.4 is 5.32 Å². The zero-order valence-electron chi connectivity index (χ0n) is 11.1. The third-order valence-corrected chi connectivity index (χ3v) is 4.17. The van der Waals surface area contributed by atoms with Gasteiger partial charge in [-0.1, -0.05) is 6.07 Å². The van der Waals surface area contributed by atoms with Crippen molar-refractivity contribution in [3.8, 4) is 0 Å². The Balaban J connectivity index is 1.97. The number of pyridine rings is 1. The van der Waals surface area contributed by atoms with Gasteiger partial charge in [-0.25, -0.2) is 0 Å². The van der Waals surface area contributed by atoms with Crippen molar-refractivity contribution in [3.05, 3.63) is 30.1 Å². The smallest absolute Gasteiger partial charge is 0.0572 e. The van der Waals surface area contributed by atoms with Gasteiger partial charge in [-0.3, -0.25) is 9.88 Å². The molecular formula is C14H23N3. The molecular weight excluding hydrogens is 210 g/mol. The van der Waals surface area contributed by atoms with Gasteiger partial charge in [-0.2, -0.15) is 0 Å². The zero-order valence-corrected chi connectivity index (χ0v) is 11.1. The van der Waals surface area contributed by atoms with E-state index in [1.165, 1.54) is 18.5 Å². The third kappa shape index (κ3) is 2.85. The number of nitrogens with one attached hydrogen (secondary N) is 1. The highest BCUT2D eigenvalue weighted by atomic mass is 15.2. The Morgan fingerprint density at radius 1 is 1.35 bits per heavy atom. The second-order valence-electron chi connectivity index (χ2n) is 5.28. The predicted molar refractivity (Wildman–Crippen MR) is 70.9 cm³/mol. The van der Waals surface area contributed by atoms with Crippen molar-refractivity contribution in [2.24, 2.45) is 0 Å². The van der Waals surface area contributed by atoms with Crippen molar-refractivity contribution in [2.75, 3.05) is 20.1 Å². The average molecular weight is 233 g/mol. The Bertz CT molecular complexity index is 342. The number of nitrogens with zero attached hydrogens (tertiary/aromatic N) is 2. The first kappa shape index (κ1) is 12.5. The van der Waals surface area contributed by atoms with E-state index in [4.69, 9.17) is 0 Å². The van der Waals surface area contributed by atoms with E-state index in [2.05, 4.69) is 48.2 Å². The van der Waals surface area contributed by atoms with Crippen LogP contribution in [0.15, 0.2) is 24.4 Å². The van der Waals surface area contributed by atoms with E-state index in [-0.39, 0.29) is 0 Å². The molecule has 0 aliphatic carbocycles. The summed E-state index contributed by atoms with van der Waals surface area (Å²) in [6.07, 6.45) is 4.30. The highest BCUT2D eigenvalue weighted by Crippen LogP contribution is 2.27. The molecule has 1 aromatic heterocycles. The van der Waals surface area contributed by atoms with E-state index >= 15 is 0 Å². The van der Waals surface area contributed by atoms with Crippen molar-refractivity contribution < 1.29 is 0 Å². The Morgan fingerprint density at radius 2 is 2.06 bits per heavy atom. The molecule has 1 aliphatic heterocycles. The van der Waals surface area contributed by atoms with Gasteiger partial charge in [0.05, 0.1) is 5.69 Å². The van der Waals surface area contributed by atoms with E-state index in [1.807, 2.05) is 12.3 Å². The summed E-state index contributed by atoms with van der Waals surface area (Å²) in [5.41, 5.74) is 1.50. The minimum atomic E-state index is 0.320. The second kappa shape index (κ2) is 5.15. The fourth-order valence-corrected chi connectivity index (χ4v) is 2.46. The highest BCUT2D eigenvalue weighted by molar-refractivity contribution is 5.08. The summed E-state index contributed by atoms with van der Waals surface area (Å²) in [7, 11) is 2.07. The van der Waals surface area contributed by atoms with E-state index in [0.29, 0.717) is 11.6 Å². The SMILES string of the molecule is CNC1(C)CCN(C(C)c2ccccn2)CC1. The van der Waals surface area contributed by atoms with Crippen molar-refractivity contribution in [1.82, 2.24) is 15.2 Å². The molecule has 2 rings (SSSR count). The normalized spacial score (nSPS) is 22.3. The molecule has 0 aromatic carbocycles. The molecule has 1 saturated heterocycles. The van der Waals surface area contributed by atoms with Crippen LogP contribution in [-0.4, -0.2) is 35.6 Å². The van der Waals surface area contributed by atoms with E-state index in [9.17, 15) is 0 Å². The molecule has 1 aliphatic rings. The summed E-state index contributed by atoms with van der Waals surface area (Å²) in [6.45, 7) is 6.87. The summed E-state index contributed by atoms with van der Waals surface area (Å²) in [5, 5.41) is 3.44. The Hall–Kier alpha value is -0.930. The van der Waals surface area contributed by atoms with Gasteiger partial charge in [0.1, 0.15) is 0 Å². The lowest BCUT2D eigenvalue weighted by atomic mass is 9.89. The van der Waals surface area contributed by atoms with Gasteiger partial charge in [0.25, 0.3) is 0 Å². The molecule has 2 heterocycles. The molecule has 94 valence electrons. The molecule has 0 spiro atoms. The standard InChI is InChI=1S/C14H23N3/c1-12(13-6-4-5-9-16-13)17-10-7-14(2,15-3)8-11-17/h4-6,9,12,15H,7-8,10-11H2,1-3H3. The molecule has 0 saturated carbocycles. The summed E-state index contributed by atoms with van der Waals surface area (Å²) >= 11 is 0. The van der Waals surface area contributed by atoms with E-state index in [0.717, 1.165) is 13.1 Å². The fourth-order valence-electron chi connectivity index (χ4n) is 2.46. The number of hydrogen-bond acceptors (Lipinski definition) is 3. The number of hydrogen-bond donors (Lipinski definition) is 1. The van der Waals surface area contributed by atoms with Crippen LogP contribution in [0.1, 0.15) is 38.4 Å². The van der Waals surface area contributed by atoms with Crippen LogP contribution >= 0.6 is 0 Å². The first-order valence-corrected chi connectivity index (χ1v) is 6.48. The predicted octanol–water partition coefficient (Wildman–Crippen LogP) is 2.22. The van der Waals surface area contributed by atoms with Crippen LogP contribution in [0.4, 0.5) is 0 Å². The molecule has 1 atom stereocenters. The maximum atomic E-state index is 4.45. The van der Waals surface area contributed by atoms with Crippen LogP contribution in [0.2, 0.25) is 0 Å². The monoisotopic (exact) mass is 233 g/mol. The molecule has 3 heteroatoms. The van der Waals surface area contributed by atoms with Gasteiger partial charge >= 0.3 is 0 Å². The Kier molecular flexibility index (Phi) is 3.79. The molecule has 1 unspecified atom stereocenters. The topological polar surface area (TPSA) is 28.2 Å². The van der Waals surface area contributed by atoms with Gasteiger partial charge in [0.15, 0.2) is 0 Å². The van der Waals surface area contributed by atoms with Gasteiger partial charge < -0.3 is 5.32 Å². The molecule has 17 heavy (non-hydrogen) atoms. The molecule has 1 N–H and O–H groups in total. The van der Waals surface area contributed by atoms with Crippen LogP contribution in [-0.2, 0) is 0 Å². The van der Waals surface area contributed by atoms with Gasteiger partial charge in [-0.15, -0.1) is 0 Å². The fraction of sp³-hybridized carbons (Fsp3) is 0.643. The number of piperidine rings is 1. The Labute approximate surface area is 104 Å². The van der Waals surface area contributed by atoms with Crippen molar-refractivity contribution in [2.45, 2.75) is 38.3 Å². The zero-order chi connectivity index (χ0) is 12.3. The first-order chi connectivity index (χ1) is 8.14. The quantitative estimate of drug-likeness (QED) is 0.867. The summed E-state index contributed by atoms with van der Waals surface area (Å²) < 4.78 is 0. The summed E-state index contributed by atoms with van der Waals surface area (Å²) in [6, 6.07) is 6.60. The average Bonchev–Trinajstić information content (AvgIpc) is 2.40. The van der Waals surface area contributed by atoms with E-state index < -0.39 is 0 Å². The molecule has 0 amide bonds. The minimum Gasteiger partial charge on any atom is -0.314 e. The number of rotatable bonds is 3. The Morgan fingerprint density at radius 3 is 2.59 bits per heavy atom. The van der Waals surface area contributed by atoms with Crippen LogP contribution in [0.3, 0.4) is 0 Å². The second-order valence-corrected chi connectivity index (χ2v) is 5.28. The minimum absolute atomic E-state index is 0.320. The summed E-state index contributed by atoms with van der Waals surface area (Å²) in [4.78, 5) is 6.98. The number of likely N-dealkylation sites (tertiary alicyclic amines) is 1. The molecule has 0 bridgehead atoms. The lowest BCUT2D eigenvalue weighted by molar-refractivity contribution is 0.115. The van der Waals surface area contributed by atoms with Gasteiger partial charge in [-0.05, 0) is 45.9 Å². The van der Waals surface area contributed by atoms with E-state index in [1.54, 1.807) is 0 Å². The third-order valence-electron chi connectivity index (χ3n) is 4.17. The van der Waals surface area contributed by atoms with Crippen LogP contribution in [0, 0.1) is 0 Å². The van der Waals surface area contributed by atoms with Gasteiger partial charge in [0.2, 0.25) is 0 Å². The van der Waals surface area contributed by atoms with Crippen molar-refractivity contribution in [1.29, 1.82) is 0 Å². The first-order valence-electron chi connectivity index (χ1n) is 6.48. The molecule has 1 fully saturated rings. The van der Waals surface area contributed by atoms with Gasteiger partial charge in [0, 0.05) is 30.9 Å². The maximum absolute atomic E-state index is 4.45. The van der Waals surface area contributed by atoms with Crippen LogP contribution in [0.25, 0.3) is 0 Å². The largest absolute Gasteiger partial charge is 0.314 e. The van der Waals surface area contributed by atoms with Crippen molar-refractivity contribution in [3.63, 3.8) is 0 Å². The van der Waals surface area contributed by atoms with Crippen molar-refractivity contribution >= 4 is 0 Å². The molecule has 0 radical (unpaired) electrons. The molecule has 3 nitrogen and oxygen atoms in total. The lowest BCUT2D eigenvalue weighted by Gasteiger charge is -2.41. The lowest BCUT2D eigenvalue weighted by Crippen LogP contribution is -2.50. The maximum Gasteiger partial charge on any atom is 0.0572 e. The number of aromatic nitrogens is 1. The molecule has 1 aromatic rings. The highest BCUT2D eigenvalue weighted by Gasteiger charge is 2.30. The van der Waals surface area contributed by atoms with Crippen LogP contribution in [0.5, 0.6) is 0 Å².